The lowest BCUT2D eigenvalue weighted by atomic mass is 9.79. The fraction of sp³-hybridized carbons (Fsp3) is 0.909. The molecule has 1 rings (SSSR count). The number of carbonyl (C=O) groups is 1. The summed E-state index contributed by atoms with van der Waals surface area (Å²) in [6.07, 6.45) is 4.96. The van der Waals surface area contributed by atoms with E-state index in [0.717, 1.165) is 12.3 Å². The van der Waals surface area contributed by atoms with Gasteiger partial charge in [0, 0.05) is 6.92 Å². The number of esters is 1. The molecule has 0 amide bonds. The minimum absolute atomic E-state index is 0.131. The van der Waals surface area contributed by atoms with Crippen LogP contribution in [0.25, 0.3) is 0 Å². The molecule has 1 aliphatic rings. The van der Waals surface area contributed by atoms with Gasteiger partial charge in [-0.2, -0.15) is 0 Å². The van der Waals surface area contributed by atoms with Crippen molar-refractivity contribution >= 4 is 5.97 Å². The molecule has 0 radical (unpaired) electrons. The van der Waals surface area contributed by atoms with Crippen LogP contribution in [-0.2, 0) is 9.53 Å². The molecule has 0 aliphatic heterocycles. The van der Waals surface area contributed by atoms with E-state index in [1.54, 1.807) is 0 Å². The molecule has 0 bridgehead atoms. The minimum atomic E-state index is -0.131. The van der Waals surface area contributed by atoms with Gasteiger partial charge in [0.2, 0.25) is 0 Å². The third-order valence-electron chi connectivity index (χ3n) is 3.13. The third kappa shape index (κ3) is 3.02. The van der Waals surface area contributed by atoms with Crippen molar-refractivity contribution in [2.75, 3.05) is 0 Å². The summed E-state index contributed by atoms with van der Waals surface area (Å²) in [6, 6.07) is 0. The zero-order chi connectivity index (χ0) is 9.84. The third-order valence-corrected chi connectivity index (χ3v) is 3.13. The summed E-state index contributed by atoms with van der Waals surface area (Å²) >= 11 is 0. The second kappa shape index (κ2) is 4.64. The van der Waals surface area contributed by atoms with Gasteiger partial charge >= 0.3 is 5.97 Å². The van der Waals surface area contributed by atoms with Gasteiger partial charge in [0.05, 0.1) is 0 Å². The van der Waals surface area contributed by atoms with Gasteiger partial charge in [-0.25, -0.2) is 0 Å². The van der Waals surface area contributed by atoms with Crippen LogP contribution >= 0.6 is 0 Å². The van der Waals surface area contributed by atoms with Crippen LogP contribution in [0.5, 0.6) is 0 Å². The first kappa shape index (κ1) is 10.6. The first-order chi connectivity index (χ1) is 6.13. The van der Waals surface area contributed by atoms with Crippen molar-refractivity contribution in [3.8, 4) is 0 Å². The highest BCUT2D eigenvalue weighted by Crippen LogP contribution is 2.32. The fourth-order valence-corrected chi connectivity index (χ4v) is 2.11. The number of hydrogen-bond donors (Lipinski definition) is 0. The largest absolute Gasteiger partial charge is 0.462 e. The molecule has 13 heavy (non-hydrogen) atoms. The Kier molecular flexibility index (Phi) is 3.76. The molecule has 0 N–H and O–H groups in total. The molecule has 0 heterocycles. The summed E-state index contributed by atoms with van der Waals surface area (Å²) in [4.78, 5) is 10.8. The van der Waals surface area contributed by atoms with Crippen LogP contribution in [0.4, 0.5) is 0 Å². The van der Waals surface area contributed by atoms with Crippen LogP contribution in [0, 0.1) is 11.8 Å². The minimum Gasteiger partial charge on any atom is -0.462 e. The molecule has 1 aliphatic carbocycles. The van der Waals surface area contributed by atoms with Crippen molar-refractivity contribution in [2.24, 2.45) is 11.8 Å². The Morgan fingerprint density at radius 2 is 2.15 bits per heavy atom. The molecule has 0 aromatic heterocycles. The lowest BCUT2D eigenvalue weighted by Crippen LogP contribution is -2.31. The van der Waals surface area contributed by atoms with Crippen LogP contribution in [0.3, 0.4) is 0 Å². The SMILES string of the molecule is CCC1CCC(C)C(OC(C)=O)C1. The van der Waals surface area contributed by atoms with Crippen LogP contribution < -0.4 is 0 Å². The average molecular weight is 184 g/mol. The van der Waals surface area contributed by atoms with E-state index < -0.39 is 0 Å². The predicted molar refractivity (Wildman–Crippen MR) is 52.4 cm³/mol. The molecule has 3 atom stereocenters. The van der Waals surface area contributed by atoms with E-state index in [-0.39, 0.29) is 12.1 Å². The Hall–Kier alpha value is -0.530. The zero-order valence-electron chi connectivity index (χ0n) is 8.88. The lowest BCUT2D eigenvalue weighted by molar-refractivity contribution is -0.151. The Labute approximate surface area is 80.7 Å². The first-order valence-corrected chi connectivity index (χ1v) is 5.30. The molecule has 0 spiro atoms. The van der Waals surface area contributed by atoms with E-state index in [9.17, 15) is 4.79 Å². The Bertz CT molecular complexity index is 177. The number of rotatable bonds is 2. The van der Waals surface area contributed by atoms with Crippen molar-refractivity contribution in [1.29, 1.82) is 0 Å². The maximum atomic E-state index is 10.8. The first-order valence-electron chi connectivity index (χ1n) is 5.30. The van der Waals surface area contributed by atoms with E-state index in [0.29, 0.717) is 5.92 Å². The second-order valence-electron chi connectivity index (χ2n) is 4.21. The molecule has 1 saturated carbocycles. The summed E-state index contributed by atoms with van der Waals surface area (Å²) in [6.45, 7) is 5.90. The highest BCUT2D eigenvalue weighted by molar-refractivity contribution is 5.66. The summed E-state index contributed by atoms with van der Waals surface area (Å²) < 4.78 is 5.30. The van der Waals surface area contributed by atoms with Gasteiger partial charge in [-0.15, -0.1) is 0 Å². The second-order valence-corrected chi connectivity index (χ2v) is 4.21. The van der Waals surface area contributed by atoms with Crippen molar-refractivity contribution < 1.29 is 9.53 Å². The summed E-state index contributed by atoms with van der Waals surface area (Å²) in [7, 11) is 0. The Balaban J connectivity index is 2.44. The van der Waals surface area contributed by atoms with Crippen LogP contribution in [0.15, 0.2) is 0 Å². The van der Waals surface area contributed by atoms with Crippen LogP contribution in [0.1, 0.15) is 46.5 Å². The van der Waals surface area contributed by atoms with Gasteiger partial charge in [0.25, 0.3) is 0 Å². The zero-order valence-corrected chi connectivity index (χ0v) is 8.88. The van der Waals surface area contributed by atoms with Gasteiger partial charge in [-0.05, 0) is 31.1 Å². The van der Waals surface area contributed by atoms with E-state index in [1.165, 1.54) is 26.2 Å². The molecule has 0 aromatic carbocycles. The van der Waals surface area contributed by atoms with Crippen molar-refractivity contribution in [1.82, 2.24) is 0 Å². The predicted octanol–water partition coefficient (Wildman–Crippen LogP) is 2.76. The highest BCUT2D eigenvalue weighted by Gasteiger charge is 2.28. The number of carbonyl (C=O) groups excluding carboxylic acids is 1. The smallest absolute Gasteiger partial charge is 0.302 e. The Morgan fingerprint density at radius 3 is 2.69 bits per heavy atom. The highest BCUT2D eigenvalue weighted by atomic mass is 16.5. The van der Waals surface area contributed by atoms with E-state index in [4.69, 9.17) is 4.74 Å². The molecular formula is C11H20O2. The van der Waals surface area contributed by atoms with Gasteiger partial charge in [-0.3, -0.25) is 4.79 Å². The topological polar surface area (TPSA) is 26.3 Å². The van der Waals surface area contributed by atoms with E-state index in [2.05, 4.69) is 13.8 Å². The maximum absolute atomic E-state index is 10.8. The molecule has 3 unspecified atom stereocenters. The lowest BCUT2D eigenvalue weighted by Gasteiger charge is -2.33. The standard InChI is InChI=1S/C11H20O2/c1-4-10-6-5-8(2)11(7-10)13-9(3)12/h8,10-11H,4-7H2,1-3H3. The van der Waals surface area contributed by atoms with Crippen molar-refractivity contribution in [2.45, 2.75) is 52.6 Å². The van der Waals surface area contributed by atoms with E-state index >= 15 is 0 Å². The monoisotopic (exact) mass is 184 g/mol. The summed E-state index contributed by atoms with van der Waals surface area (Å²) in [5, 5.41) is 0. The van der Waals surface area contributed by atoms with Gasteiger partial charge in [0.15, 0.2) is 0 Å². The van der Waals surface area contributed by atoms with E-state index in [1.807, 2.05) is 0 Å². The van der Waals surface area contributed by atoms with Crippen LogP contribution in [-0.4, -0.2) is 12.1 Å². The molecule has 1 fully saturated rings. The van der Waals surface area contributed by atoms with Gasteiger partial charge in [0.1, 0.15) is 6.10 Å². The maximum Gasteiger partial charge on any atom is 0.302 e. The Morgan fingerprint density at radius 1 is 1.46 bits per heavy atom. The summed E-state index contributed by atoms with van der Waals surface area (Å²) in [5.74, 6) is 1.18. The molecule has 76 valence electrons. The van der Waals surface area contributed by atoms with Crippen LogP contribution in [0.2, 0.25) is 0 Å². The fourth-order valence-electron chi connectivity index (χ4n) is 2.11. The molecule has 0 aromatic rings. The van der Waals surface area contributed by atoms with Crippen molar-refractivity contribution in [3.05, 3.63) is 0 Å². The molecule has 2 nitrogen and oxygen atoms in total. The number of ether oxygens (including phenoxy) is 1. The molecule has 2 heteroatoms. The molecule has 0 saturated heterocycles. The van der Waals surface area contributed by atoms with Crippen molar-refractivity contribution in [3.63, 3.8) is 0 Å². The average Bonchev–Trinajstić information content (AvgIpc) is 2.08. The quantitative estimate of drug-likeness (QED) is 0.617. The summed E-state index contributed by atoms with van der Waals surface area (Å²) in [5.41, 5.74) is 0. The normalized spacial score (nSPS) is 34.2. The number of hydrogen-bond acceptors (Lipinski definition) is 2. The molecular weight excluding hydrogens is 164 g/mol. The van der Waals surface area contributed by atoms with Gasteiger partial charge < -0.3 is 4.74 Å². The van der Waals surface area contributed by atoms with Gasteiger partial charge in [-0.1, -0.05) is 20.3 Å².